The van der Waals surface area contributed by atoms with Gasteiger partial charge in [-0.15, -0.1) is 0 Å². The van der Waals surface area contributed by atoms with Crippen LogP contribution in [0.2, 0.25) is 0 Å². The normalized spacial score (nSPS) is 38.6. The van der Waals surface area contributed by atoms with Gasteiger partial charge in [-0.25, -0.2) is 0 Å². The van der Waals surface area contributed by atoms with Crippen LogP contribution in [0.1, 0.15) is 45.6 Å². The molecule has 3 heterocycles. The third-order valence-corrected chi connectivity index (χ3v) is 9.66. The van der Waals surface area contributed by atoms with Crippen molar-refractivity contribution >= 4 is 0 Å². The van der Waals surface area contributed by atoms with Crippen molar-refractivity contribution in [2.45, 2.75) is 120 Å². The van der Waals surface area contributed by atoms with E-state index < -0.39 is 92.9 Å². The highest BCUT2D eigenvalue weighted by Gasteiger charge is 2.53. The molecule has 4 rings (SSSR count). The van der Waals surface area contributed by atoms with E-state index in [1.165, 1.54) is 0 Å². The maximum atomic E-state index is 11.1. The van der Waals surface area contributed by atoms with Crippen molar-refractivity contribution < 1.29 is 63.8 Å². The van der Waals surface area contributed by atoms with Crippen LogP contribution in [0.3, 0.4) is 0 Å². The summed E-state index contributed by atoms with van der Waals surface area (Å²) in [5.74, 6) is -1.14. The molecular formula is C33H53N3O13. The van der Waals surface area contributed by atoms with Gasteiger partial charge in [0.2, 0.25) is 0 Å². The number of hydrogen-bond donors (Lipinski definition) is 6. The maximum absolute atomic E-state index is 11.1. The van der Waals surface area contributed by atoms with Crippen LogP contribution >= 0.6 is 0 Å². The number of azide groups is 1. The first-order valence-electron chi connectivity index (χ1n) is 17.1. The van der Waals surface area contributed by atoms with Crippen LogP contribution in [-0.2, 0) is 39.8 Å². The third-order valence-electron chi connectivity index (χ3n) is 9.66. The highest BCUT2D eigenvalue weighted by atomic mass is 16.8. The third kappa shape index (κ3) is 10.3. The van der Waals surface area contributed by atoms with Gasteiger partial charge in [0, 0.05) is 29.9 Å². The summed E-state index contributed by atoms with van der Waals surface area (Å²) < 4.78 is 43.0. The van der Waals surface area contributed by atoms with Gasteiger partial charge in [0.25, 0.3) is 0 Å². The number of aliphatic hydroxyl groups excluding tert-OH is 6. The lowest BCUT2D eigenvalue weighted by atomic mass is 9.84. The van der Waals surface area contributed by atoms with Gasteiger partial charge in [-0.3, -0.25) is 0 Å². The molecule has 0 aliphatic carbocycles. The summed E-state index contributed by atoms with van der Waals surface area (Å²) in [6, 6.07) is 9.62. The monoisotopic (exact) mass is 699 g/mol. The Morgan fingerprint density at radius 3 is 2.22 bits per heavy atom. The van der Waals surface area contributed by atoms with Gasteiger partial charge in [-0.1, -0.05) is 62.6 Å². The minimum absolute atomic E-state index is 0.0985. The molecule has 0 bridgehead atoms. The molecular weight excluding hydrogens is 646 g/mol. The van der Waals surface area contributed by atoms with Crippen LogP contribution in [0.15, 0.2) is 35.4 Å². The van der Waals surface area contributed by atoms with Crippen LogP contribution in [0.5, 0.6) is 0 Å². The standard InChI is InChI=1S/C33H53N3O13/c1-18-19(2)32(46-24(25(18)40)17-43-16-21-10-6-4-7-11-21)49-30-23(15-38)45-31(44-13-9-5-8-12-35-36-34)20(3)28(30)47-33-27(42)26(41)29(48-33)22(39)14-37/h4,6-7,10-11,18-20,22-33,37-42H,5,8-9,12-17H2,1-3H3/t18-,19?,20?,22-,23?,24?,25-,26?,27+,28-,29+,30+,31+,32-,33-/m1/s1. The van der Waals surface area contributed by atoms with Crippen molar-refractivity contribution in [3.8, 4) is 0 Å². The number of rotatable bonds is 18. The van der Waals surface area contributed by atoms with E-state index in [0.29, 0.717) is 32.6 Å². The fraction of sp³-hybridized carbons (Fsp3) is 0.818. The van der Waals surface area contributed by atoms with E-state index in [-0.39, 0.29) is 18.4 Å². The molecule has 0 radical (unpaired) electrons. The van der Waals surface area contributed by atoms with Gasteiger partial charge >= 0.3 is 0 Å². The summed E-state index contributed by atoms with van der Waals surface area (Å²) in [7, 11) is 0. The van der Waals surface area contributed by atoms with Gasteiger partial charge in [-0.2, -0.15) is 0 Å². The van der Waals surface area contributed by atoms with E-state index in [4.69, 9.17) is 38.7 Å². The second kappa shape index (κ2) is 19.6. The lowest BCUT2D eigenvalue weighted by Crippen LogP contribution is -2.61. The molecule has 3 aliphatic heterocycles. The Morgan fingerprint density at radius 1 is 0.816 bits per heavy atom. The first-order chi connectivity index (χ1) is 23.6. The number of benzene rings is 1. The molecule has 3 saturated heterocycles. The Morgan fingerprint density at radius 2 is 1.53 bits per heavy atom. The van der Waals surface area contributed by atoms with Crippen molar-refractivity contribution in [1.29, 1.82) is 0 Å². The zero-order valence-corrected chi connectivity index (χ0v) is 28.3. The largest absolute Gasteiger partial charge is 0.394 e. The van der Waals surface area contributed by atoms with E-state index in [1.54, 1.807) is 6.92 Å². The second-order valence-corrected chi connectivity index (χ2v) is 13.1. The number of aliphatic hydroxyl groups is 6. The first kappa shape index (κ1) is 39.8. The minimum Gasteiger partial charge on any atom is -0.394 e. The summed E-state index contributed by atoms with van der Waals surface area (Å²) in [6.45, 7) is 5.48. The van der Waals surface area contributed by atoms with Gasteiger partial charge in [0.05, 0.1) is 38.6 Å². The zero-order valence-electron chi connectivity index (χ0n) is 28.3. The predicted octanol–water partition coefficient (Wildman–Crippen LogP) is 0.982. The molecule has 15 atom stereocenters. The SMILES string of the molecule is CC1[C@@H](O[C@H]2C(CO)O[C@H](OCCCCCN=[N+]=[N-])C(C)[C@H]2O[C@@H]2O[C@@H]([C@H](O)CO)C(O)[C@@H]2O)OC(COCc2ccccc2)[C@H](O)[C@@H]1C. The molecule has 5 unspecified atom stereocenters. The Labute approximate surface area is 286 Å². The van der Waals surface area contributed by atoms with E-state index in [1.807, 2.05) is 44.2 Å². The lowest BCUT2D eigenvalue weighted by molar-refractivity contribution is -0.358. The van der Waals surface area contributed by atoms with Gasteiger partial charge in [0.15, 0.2) is 18.9 Å². The van der Waals surface area contributed by atoms with Crippen LogP contribution in [0.25, 0.3) is 10.4 Å². The minimum atomic E-state index is -1.57. The number of ether oxygens (including phenoxy) is 7. The molecule has 0 spiro atoms. The van der Waals surface area contributed by atoms with Crippen LogP contribution in [-0.4, -0.2) is 137 Å². The Hall–Kier alpha value is -1.99. The van der Waals surface area contributed by atoms with E-state index in [9.17, 15) is 30.6 Å². The van der Waals surface area contributed by atoms with Gasteiger partial charge in [0.1, 0.15) is 42.7 Å². The van der Waals surface area contributed by atoms with Gasteiger partial charge in [-0.05, 0) is 29.9 Å². The molecule has 0 amide bonds. The van der Waals surface area contributed by atoms with Crippen molar-refractivity contribution in [3.05, 3.63) is 46.3 Å². The van der Waals surface area contributed by atoms with Gasteiger partial charge < -0.3 is 63.8 Å². The molecule has 278 valence electrons. The smallest absolute Gasteiger partial charge is 0.187 e. The number of unbranched alkanes of at least 4 members (excludes halogenated alkanes) is 2. The summed E-state index contributed by atoms with van der Waals surface area (Å²) in [6.07, 6.45) is -11.5. The molecule has 16 nitrogen and oxygen atoms in total. The molecule has 16 heteroatoms. The molecule has 3 fully saturated rings. The molecule has 6 N–H and O–H groups in total. The zero-order chi connectivity index (χ0) is 35.5. The summed E-state index contributed by atoms with van der Waals surface area (Å²) in [5.41, 5.74) is 9.44. The number of nitrogens with zero attached hydrogens (tertiary/aromatic N) is 3. The molecule has 0 aromatic heterocycles. The number of hydrogen-bond acceptors (Lipinski definition) is 14. The molecule has 1 aromatic carbocycles. The first-order valence-corrected chi connectivity index (χ1v) is 17.1. The maximum Gasteiger partial charge on any atom is 0.187 e. The highest BCUT2D eigenvalue weighted by Crippen LogP contribution is 2.39. The highest BCUT2D eigenvalue weighted by molar-refractivity contribution is 5.13. The second-order valence-electron chi connectivity index (χ2n) is 13.1. The fourth-order valence-electron chi connectivity index (χ4n) is 6.40. The summed E-state index contributed by atoms with van der Waals surface area (Å²) in [5, 5.41) is 66.0. The van der Waals surface area contributed by atoms with Crippen molar-refractivity contribution in [3.63, 3.8) is 0 Å². The van der Waals surface area contributed by atoms with Crippen LogP contribution in [0, 0.1) is 17.8 Å². The van der Waals surface area contributed by atoms with Crippen LogP contribution in [0.4, 0.5) is 0 Å². The topological polar surface area (TPSA) is 235 Å². The molecule has 49 heavy (non-hydrogen) atoms. The lowest BCUT2D eigenvalue weighted by Gasteiger charge is -2.49. The van der Waals surface area contributed by atoms with Crippen molar-refractivity contribution in [2.24, 2.45) is 22.9 Å². The Kier molecular flexibility index (Phi) is 15.9. The predicted molar refractivity (Wildman–Crippen MR) is 171 cm³/mol. The molecule has 3 aliphatic rings. The molecule has 0 saturated carbocycles. The average molecular weight is 700 g/mol. The van der Waals surface area contributed by atoms with E-state index >= 15 is 0 Å². The summed E-state index contributed by atoms with van der Waals surface area (Å²) >= 11 is 0. The molecule has 1 aromatic rings. The van der Waals surface area contributed by atoms with Crippen molar-refractivity contribution in [1.82, 2.24) is 0 Å². The summed E-state index contributed by atoms with van der Waals surface area (Å²) in [4.78, 5) is 2.75. The van der Waals surface area contributed by atoms with E-state index in [2.05, 4.69) is 10.0 Å². The Balaban J connectivity index is 1.50. The quantitative estimate of drug-likeness (QED) is 0.0543. The van der Waals surface area contributed by atoms with E-state index in [0.717, 1.165) is 12.0 Å². The average Bonchev–Trinajstić information content (AvgIpc) is 3.39. The Bertz CT molecular complexity index is 1150. The van der Waals surface area contributed by atoms with Crippen LogP contribution < -0.4 is 0 Å². The van der Waals surface area contributed by atoms with Crippen molar-refractivity contribution in [2.75, 3.05) is 33.0 Å². The fourth-order valence-corrected chi connectivity index (χ4v) is 6.40.